The highest BCUT2D eigenvalue weighted by molar-refractivity contribution is 5.77. The van der Waals surface area contributed by atoms with Crippen LogP contribution in [0, 0.1) is 11.3 Å². The smallest absolute Gasteiger partial charge is 0.312 e. The fourth-order valence-electron chi connectivity index (χ4n) is 5.13. The number of esters is 1. The van der Waals surface area contributed by atoms with Crippen LogP contribution in [-0.4, -0.2) is 57.0 Å². The number of carbonyl (C=O) groups excluding carboxylic acids is 1. The van der Waals surface area contributed by atoms with E-state index in [2.05, 4.69) is 7.05 Å². The average molecular weight is 339 g/mol. The van der Waals surface area contributed by atoms with Gasteiger partial charge in [-0.05, 0) is 31.6 Å². The van der Waals surface area contributed by atoms with E-state index >= 15 is 0 Å². The van der Waals surface area contributed by atoms with Crippen LogP contribution in [0.1, 0.15) is 64.2 Å². The molecule has 1 saturated heterocycles. The molecule has 3 aliphatic rings. The summed E-state index contributed by atoms with van der Waals surface area (Å²) >= 11 is 0. The summed E-state index contributed by atoms with van der Waals surface area (Å²) in [5, 5.41) is 0. The summed E-state index contributed by atoms with van der Waals surface area (Å²) in [5.41, 5.74) is -0.151. The second-order valence-electron chi connectivity index (χ2n) is 8.59. The van der Waals surface area contributed by atoms with Crippen molar-refractivity contribution in [3.63, 3.8) is 0 Å². The van der Waals surface area contributed by atoms with Gasteiger partial charge in [-0.1, -0.05) is 38.5 Å². The molecule has 0 bridgehead atoms. The minimum atomic E-state index is -0.151. The van der Waals surface area contributed by atoms with Crippen molar-refractivity contribution in [2.45, 2.75) is 64.2 Å². The van der Waals surface area contributed by atoms with Gasteiger partial charge in [0.2, 0.25) is 0 Å². The van der Waals surface area contributed by atoms with Gasteiger partial charge in [0.15, 0.2) is 0 Å². The van der Waals surface area contributed by atoms with Crippen molar-refractivity contribution in [3.8, 4) is 0 Å². The average Bonchev–Trinajstić information content (AvgIpc) is 2.63. The SMILES string of the molecule is C[N+]1(CCOC(=O)C2(C3CCCCC3)CCCCC2)CCOCC1. The zero-order chi connectivity index (χ0) is 16.9. The summed E-state index contributed by atoms with van der Waals surface area (Å²) < 4.78 is 12.3. The first kappa shape index (κ1) is 18.2. The first-order valence-electron chi connectivity index (χ1n) is 10.2. The van der Waals surface area contributed by atoms with E-state index in [1.54, 1.807) is 0 Å². The molecule has 0 spiro atoms. The highest BCUT2D eigenvalue weighted by Gasteiger charge is 2.47. The normalized spacial score (nSPS) is 27.5. The highest BCUT2D eigenvalue weighted by Crippen LogP contribution is 2.49. The summed E-state index contributed by atoms with van der Waals surface area (Å²) in [6.45, 7) is 5.23. The highest BCUT2D eigenvalue weighted by atomic mass is 16.5. The van der Waals surface area contributed by atoms with E-state index in [1.807, 2.05) is 0 Å². The van der Waals surface area contributed by atoms with Crippen LogP contribution in [0.5, 0.6) is 0 Å². The molecule has 1 heterocycles. The van der Waals surface area contributed by atoms with Crippen LogP contribution >= 0.6 is 0 Å². The summed E-state index contributed by atoms with van der Waals surface area (Å²) in [6, 6.07) is 0. The number of ether oxygens (including phenoxy) is 2. The second kappa shape index (κ2) is 8.18. The van der Waals surface area contributed by atoms with Crippen LogP contribution in [0.3, 0.4) is 0 Å². The van der Waals surface area contributed by atoms with E-state index in [0.29, 0.717) is 12.5 Å². The third kappa shape index (κ3) is 4.13. The number of likely N-dealkylation sites (N-methyl/N-ethyl adjacent to an activating group) is 1. The Morgan fingerprint density at radius 3 is 2.33 bits per heavy atom. The molecule has 24 heavy (non-hydrogen) atoms. The van der Waals surface area contributed by atoms with Gasteiger partial charge in [0, 0.05) is 0 Å². The van der Waals surface area contributed by atoms with Crippen molar-refractivity contribution in [1.82, 2.24) is 0 Å². The van der Waals surface area contributed by atoms with Gasteiger partial charge >= 0.3 is 5.97 Å². The first-order valence-corrected chi connectivity index (χ1v) is 10.2. The minimum Gasteiger partial charge on any atom is -0.459 e. The molecule has 0 aromatic rings. The fourth-order valence-corrected chi connectivity index (χ4v) is 5.13. The van der Waals surface area contributed by atoms with Gasteiger partial charge in [0.05, 0.1) is 25.7 Å². The van der Waals surface area contributed by atoms with Crippen molar-refractivity contribution >= 4 is 5.97 Å². The molecule has 0 amide bonds. The van der Waals surface area contributed by atoms with Gasteiger partial charge in [-0.25, -0.2) is 0 Å². The molecule has 0 radical (unpaired) electrons. The summed E-state index contributed by atoms with van der Waals surface area (Å²) in [5.74, 6) is 0.709. The minimum absolute atomic E-state index is 0.133. The van der Waals surface area contributed by atoms with Gasteiger partial charge in [-0.3, -0.25) is 4.79 Å². The monoisotopic (exact) mass is 338 g/mol. The lowest BCUT2D eigenvalue weighted by atomic mass is 9.62. The Balaban J connectivity index is 1.57. The summed E-state index contributed by atoms with van der Waals surface area (Å²) in [7, 11) is 2.26. The third-order valence-electron chi connectivity index (χ3n) is 6.95. The molecule has 4 nitrogen and oxygen atoms in total. The largest absolute Gasteiger partial charge is 0.459 e. The van der Waals surface area contributed by atoms with Crippen LogP contribution in [0.25, 0.3) is 0 Å². The Labute approximate surface area is 147 Å². The predicted molar refractivity (Wildman–Crippen MR) is 94.7 cm³/mol. The van der Waals surface area contributed by atoms with Crippen LogP contribution in [0.15, 0.2) is 0 Å². The van der Waals surface area contributed by atoms with Crippen molar-refractivity contribution in [3.05, 3.63) is 0 Å². The summed E-state index contributed by atoms with van der Waals surface area (Å²) in [4.78, 5) is 13.1. The first-order chi connectivity index (χ1) is 11.6. The van der Waals surface area contributed by atoms with Gasteiger partial charge in [0.25, 0.3) is 0 Å². The van der Waals surface area contributed by atoms with E-state index in [-0.39, 0.29) is 11.4 Å². The predicted octanol–water partition coefficient (Wildman–Crippen LogP) is 3.54. The molecule has 4 heteroatoms. The number of hydrogen-bond acceptors (Lipinski definition) is 3. The standard InChI is InChI=1S/C20H36NO3/c1-21(12-15-23-16-13-21)14-17-24-19(22)20(10-6-3-7-11-20)18-8-4-2-5-9-18/h18H,2-17H2,1H3/q+1. The number of nitrogens with zero attached hydrogens (tertiary/aromatic N) is 1. The van der Waals surface area contributed by atoms with E-state index in [0.717, 1.165) is 50.2 Å². The zero-order valence-corrected chi connectivity index (χ0v) is 15.6. The van der Waals surface area contributed by atoms with Crippen molar-refractivity contribution < 1.29 is 18.8 Å². The van der Waals surface area contributed by atoms with E-state index in [9.17, 15) is 4.79 Å². The molecule has 1 aliphatic heterocycles. The maximum absolute atomic E-state index is 13.1. The molecule has 0 aromatic carbocycles. The van der Waals surface area contributed by atoms with E-state index in [1.165, 1.54) is 51.4 Å². The van der Waals surface area contributed by atoms with Gasteiger partial charge in [0.1, 0.15) is 26.2 Å². The third-order valence-corrected chi connectivity index (χ3v) is 6.95. The molecule has 2 aliphatic carbocycles. The van der Waals surface area contributed by atoms with Crippen molar-refractivity contribution in [1.29, 1.82) is 0 Å². The number of hydrogen-bond donors (Lipinski definition) is 0. The Morgan fingerprint density at radius 2 is 1.67 bits per heavy atom. The lowest BCUT2D eigenvalue weighted by Gasteiger charge is -2.43. The number of carbonyl (C=O) groups is 1. The maximum Gasteiger partial charge on any atom is 0.312 e. The lowest BCUT2D eigenvalue weighted by molar-refractivity contribution is -0.917. The molecule has 3 fully saturated rings. The molecule has 0 atom stereocenters. The number of quaternary nitrogens is 1. The Hall–Kier alpha value is -0.610. The zero-order valence-electron chi connectivity index (χ0n) is 15.6. The second-order valence-corrected chi connectivity index (χ2v) is 8.59. The van der Waals surface area contributed by atoms with Gasteiger partial charge in [-0.15, -0.1) is 0 Å². The lowest BCUT2D eigenvalue weighted by Crippen LogP contribution is -2.54. The topological polar surface area (TPSA) is 35.5 Å². The molecule has 138 valence electrons. The Kier molecular flexibility index (Phi) is 6.20. The Bertz CT molecular complexity index is 405. The summed E-state index contributed by atoms with van der Waals surface area (Å²) in [6.07, 6.45) is 12.3. The van der Waals surface area contributed by atoms with Crippen LogP contribution in [-0.2, 0) is 14.3 Å². The molecule has 0 N–H and O–H groups in total. The van der Waals surface area contributed by atoms with Crippen LogP contribution in [0.4, 0.5) is 0 Å². The van der Waals surface area contributed by atoms with Crippen LogP contribution in [0.2, 0.25) is 0 Å². The van der Waals surface area contributed by atoms with E-state index < -0.39 is 0 Å². The fraction of sp³-hybridized carbons (Fsp3) is 0.950. The molecule has 0 unspecified atom stereocenters. The molecule has 3 rings (SSSR count). The molecule has 2 saturated carbocycles. The Morgan fingerprint density at radius 1 is 1.04 bits per heavy atom. The van der Waals surface area contributed by atoms with Crippen molar-refractivity contribution in [2.75, 3.05) is 46.5 Å². The number of rotatable bonds is 5. The van der Waals surface area contributed by atoms with Crippen molar-refractivity contribution in [2.24, 2.45) is 11.3 Å². The van der Waals surface area contributed by atoms with E-state index in [4.69, 9.17) is 9.47 Å². The van der Waals surface area contributed by atoms with Crippen LogP contribution < -0.4 is 0 Å². The van der Waals surface area contributed by atoms with Gasteiger partial charge in [-0.2, -0.15) is 0 Å². The molecule has 0 aromatic heterocycles. The quantitative estimate of drug-likeness (QED) is 0.568. The molecular formula is C20H36NO3+. The number of morpholine rings is 1. The van der Waals surface area contributed by atoms with Gasteiger partial charge < -0.3 is 14.0 Å². The maximum atomic E-state index is 13.1. The molecular weight excluding hydrogens is 302 g/mol.